The molecule has 1 heterocycles. The number of hydrogen-bond donors (Lipinski definition) is 1. The van der Waals surface area contributed by atoms with Crippen molar-refractivity contribution in [3.05, 3.63) is 11.8 Å². The van der Waals surface area contributed by atoms with Crippen LogP contribution in [0.3, 0.4) is 0 Å². The average molecular weight is 155 g/mol. The Hall–Kier alpha value is -0.830. The minimum atomic E-state index is 0.0430. The molecule has 0 aromatic rings. The Kier molecular flexibility index (Phi) is 2.65. The molecule has 1 rings (SSSR count). The Bertz CT molecular complexity index is 187. The van der Waals surface area contributed by atoms with Crippen LogP contribution in [0.2, 0.25) is 0 Å². The van der Waals surface area contributed by atoms with Crippen molar-refractivity contribution >= 4 is 5.78 Å². The summed E-state index contributed by atoms with van der Waals surface area (Å²) in [7, 11) is 1.64. The maximum atomic E-state index is 11.0. The summed E-state index contributed by atoms with van der Waals surface area (Å²) in [4.78, 5) is 11.0. The Balaban J connectivity index is 2.56. The smallest absolute Gasteiger partial charge is 0.158 e. The number of Topliss-reactive ketones (excluding diaryl/α,β-unsaturated/α-hetero) is 1. The van der Waals surface area contributed by atoms with Crippen LogP contribution < -0.4 is 5.32 Å². The lowest BCUT2D eigenvalue weighted by Crippen LogP contribution is -2.33. The van der Waals surface area contributed by atoms with Gasteiger partial charge >= 0.3 is 0 Å². The highest BCUT2D eigenvalue weighted by Gasteiger charge is 2.16. The number of carbonyl (C=O) groups is 1. The molecule has 0 aliphatic carbocycles. The molecule has 1 aliphatic heterocycles. The number of ether oxygens (including phenoxy) is 1. The summed E-state index contributed by atoms with van der Waals surface area (Å²) < 4.78 is 4.92. The predicted molar refractivity (Wildman–Crippen MR) is 42.1 cm³/mol. The van der Waals surface area contributed by atoms with Gasteiger partial charge in [-0.05, 0) is 0 Å². The van der Waals surface area contributed by atoms with Gasteiger partial charge < -0.3 is 10.1 Å². The first kappa shape index (κ1) is 8.27. The number of carbonyl (C=O) groups excluding carboxylic acids is 1. The first-order valence-corrected chi connectivity index (χ1v) is 3.70. The van der Waals surface area contributed by atoms with Gasteiger partial charge in [-0.2, -0.15) is 0 Å². The molecule has 1 N–H and O–H groups in total. The zero-order chi connectivity index (χ0) is 8.27. The van der Waals surface area contributed by atoms with Gasteiger partial charge in [-0.25, -0.2) is 0 Å². The zero-order valence-electron chi connectivity index (χ0n) is 6.89. The zero-order valence-corrected chi connectivity index (χ0v) is 6.89. The van der Waals surface area contributed by atoms with Crippen LogP contribution in [-0.4, -0.2) is 26.0 Å². The number of allylic oxidation sites excluding steroid dienone is 1. The van der Waals surface area contributed by atoms with E-state index in [1.807, 2.05) is 13.0 Å². The van der Waals surface area contributed by atoms with Crippen molar-refractivity contribution in [3.63, 3.8) is 0 Å². The molecule has 0 fully saturated rings. The maximum Gasteiger partial charge on any atom is 0.158 e. The van der Waals surface area contributed by atoms with E-state index in [0.717, 1.165) is 5.70 Å². The molecule has 0 bridgehead atoms. The fourth-order valence-corrected chi connectivity index (χ4v) is 1.07. The van der Waals surface area contributed by atoms with Gasteiger partial charge in [0.25, 0.3) is 0 Å². The number of methoxy groups -OCH3 is 1. The van der Waals surface area contributed by atoms with Crippen molar-refractivity contribution in [3.8, 4) is 0 Å². The Labute approximate surface area is 66.4 Å². The fourth-order valence-electron chi connectivity index (χ4n) is 1.07. The van der Waals surface area contributed by atoms with Crippen molar-refractivity contribution in [2.24, 2.45) is 5.92 Å². The van der Waals surface area contributed by atoms with Gasteiger partial charge in [0.05, 0.1) is 13.2 Å². The lowest BCUT2D eigenvalue weighted by molar-refractivity contribution is -0.120. The molecule has 1 unspecified atom stereocenters. The van der Waals surface area contributed by atoms with Crippen LogP contribution in [0.5, 0.6) is 0 Å². The third-order valence-electron chi connectivity index (χ3n) is 1.75. The van der Waals surface area contributed by atoms with Crippen LogP contribution in [0.15, 0.2) is 11.8 Å². The summed E-state index contributed by atoms with van der Waals surface area (Å²) in [5.74, 6) is 0.284. The molecule has 11 heavy (non-hydrogen) atoms. The second-order valence-electron chi connectivity index (χ2n) is 2.73. The summed E-state index contributed by atoms with van der Waals surface area (Å²) in [6.07, 6.45) is 1.91. The van der Waals surface area contributed by atoms with Crippen LogP contribution in [0.25, 0.3) is 0 Å². The van der Waals surface area contributed by atoms with Crippen LogP contribution in [0.1, 0.15) is 6.92 Å². The SMILES string of the molecule is COCC1=CC(C)C(=O)CN1. The minimum absolute atomic E-state index is 0.0430. The van der Waals surface area contributed by atoms with E-state index < -0.39 is 0 Å². The lowest BCUT2D eigenvalue weighted by atomic mass is 10.0. The maximum absolute atomic E-state index is 11.0. The topological polar surface area (TPSA) is 38.3 Å². The molecule has 0 saturated heterocycles. The first-order valence-electron chi connectivity index (χ1n) is 3.70. The molecular formula is C8H13NO2. The highest BCUT2D eigenvalue weighted by atomic mass is 16.5. The van der Waals surface area contributed by atoms with Gasteiger partial charge in [0, 0.05) is 18.7 Å². The van der Waals surface area contributed by atoms with E-state index in [0.29, 0.717) is 13.2 Å². The minimum Gasteiger partial charge on any atom is -0.380 e. The number of hydrogen-bond acceptors (Lipinski definition) is 3. The van der Waals surface area contributed by atoms with E-state index in [4.69, 9.17) is 4.74 Å². The van der Waals surface area contributed by atoms with Gasteiger partial charge in [-0.3, -0.25) is 4.79 Å². The largest absolute Gasteiger partial charge is 0.380 e. The quantitative estimate of drug-likeness (QED) is 0.624. The summed E-state index contributed by atoms with van der Waals surface area (Å²) in [5, 5.41) is 2.99. The molecule has 3 nitrogen and oxygen atoms in total. The van der Waals surface area contributed by atoms with Crippen LogP contribution in [0, 0.1) is 5.92 Å². The molecule has 3 heteroatoms. The molecule has 0 spiro atoms. The number of ketones is 1. The Morgan fingerprint density at radius 2 is 2.55 bits per heavy atom. The second kappa shape index (κ2) is 3.53. The Morgan fingerprint density at radius 1 is 1.82 bits per heavy atom. The lowest BCUT2D eigenvalue weighted by Gasteiger charge is -2.18. The number of rotatable bonds is 2. The molecular weight excluding hydrogens is 142 g/mol. The monoisotopic (exact) mass is 155 g/mol. The van der Waals surface area contributed by atoms with E-state index in [1.165, 1.54) is 0 Å². The summed E-state index contributed by atoms with van der Waals surface area (Å²) >= 11 is 0. The predicted octanol–water partition coefficient (Wildman–Crippen LogP) is 0.325. The molecule has 0 radical (unpaired) electrons. The van der Waals surface area contributed by atoms with Gasteiger partial charge in [-0.1, -0.05) is 13.0 Å². The third-order valence-corrected chi connectivity index (χ3v) is 1.75. The van der Waals surface area contributed by atoms with E-state index in [-0.39, 0.29) is 11.7 Å². The van der Waals surface area contributed by atoms with Crippen LogP contribution >= 0.6 is 0 Å². The second-order valence-corrected chi connectivity index (χ2v) is 2.73. The van der Waals surface area contributed by atoms with E-state index >= 15 is 0 Å². The number of nitrogens with one attached hydrogen (secondary N) is 1. The summed E-state index contributed by atoms with van der Waals surface area (Å²) in [6, 6.07) is 0. The Morgan fingerprint density at radius 3 is 3.09 bits per heavy atom. The first-order chi connectivity index (χ1) is 5.24. The van der Waals surface area contributed by atoms with Gasteiger partial charge in [0.1, 0.15) is 0 Å². The van der Waals surface area contributed by atoms with Gasteiger partial charge in [0.2, 0.25) is 0 Å². The summed E-state index contributed by atoms with van der Waals surface area (Å²) in [6.45, 7) is 2.91. The van der Waals surface area contributed by atoms with Crippen molar-refractivity contribution in [2.45, 2.75) is 6.92 Å². The van der Waals surface area contributed by atoms with Crippen LogP contribution in [0.4, 0.5) is 0 Å². The van der Waals surface area contributed by atoms with Gasteiger partial charge in [0.15, 0.2) is 5.78 Å². The molecule has 0 saturated carbocycles. The highest BCUT2D eigenvalue weighted by molar-refractivity contribution is 5.85. The van der Waals surface area contributed by atoms with Crippen LogP contribution in [-0.2, 0) is 9.53 Å². The third kappa shape index (κ3) is 2.05. The standard InChI is InChI=1S/C8H13NO2/c1-6-3-7(5-11-2)9-4-8(6)10/h3,6,9H,4-5H2,1-2H3. The molecule has 62 valence electrons. The highest BCUT2D eigenvalue weighted by Crippen LogP contribution is 2.07. The molecule has 0 aromatic heterocycles. The normalized spacial score (nSPS) is 24.4. The fraction of sp³-hybridized carbons (Fsp3) is 0.625. The summed E-state index contributed by atoms with van der Waals surface area (Å²) in [5.41, 5.74) is 1.01. The van der Waals surface area contributed by atoms with E-state index in [2.05, 4.69) is 5.32 Å². The molecule has 1 aliphatic rings. The van der Waals surface area contributed by atoms with E-state index in [9.17, 15) is 4.79 Å². The average Bonchev–Trinajstić information content (AvgIpc) is 1.98. The molecule has 0 amide bonds. The van der Waals surface area contributed by atoms with Crippen molar-refractivity contribution < 1.29 is 9.53 Å². The molecule has 1 atom stereocenters. The van der Waals surface area contributed by atoms with Crippen molar-refractivity contribution in [1.29, 1.82) is 0 Å². The van der Waals surface area contributed by atoms with Crippen molar-refractivity contribution in [2.75, 3.05) is 20.3 Å². The van der Waals surface area contributed by atoms with Crippen molar-refractivity contribution in [1.82, 2.24) is 5.32 Å². The van der Waals surface area contributed by atoms with Gasteiger partial charge in [-0.15, -0.1) is 0 Å². The van der Waals surface area contributed by atoms with E-state index in [1.54, 1.807) is 7.11 Å². The molecule has 0 aromatic carbocycles.